The number of hydrogen-bond donors (Lipinski definition) is 1. The summed E-state index contributed by atoms with van der Waals surface area (Å²) < 4.78 is 0. The van der Waals surface area contributed by atoms with E-state index in [1.54, 1.807) is 0 Å². The number of benzene rings is 1. The first kappa shape index (κ1) is 14.4. The number of anilines is 1. The first-order valence-corrected chi connectivity index (χ1v) is 7.91. The van der Waals surface area contributed by atoms with E-state index < -0.39 is 0 Å². The van der Waals surface area contributed by atoms with Crippen molar-refractivity contribution in [2.24, 2.45) is 0 Å². The van der Waals surface area contributed by atoms with Gasteiger partial charge in [0.05, 0.1) is 0 Å². The minimum atomic E-state index is 1.13. The number of likely N-dealkylation sites (N-methyl/N-ethyl adjacent to an activating group) is 1. The van der Waals surface area contributed by atoms with Gasteiger partial charge in [-0.05, 0) is 56.0 Å². The molecule has 0 amide bonds. The maximum absolute atomic E-state index is 3.48. The van der Waals surface area contributed by atoms with Crippen LogP contribution in [0.1, 0.15) is 44.2 Å². The van der Waals surface area contributed by atoms with E-state index in [2.05, 4.69) is 42.3 Å². The van der Waals surface area contributed by atoms with Crippen molar-refractivity contribution in [3.05, 3.63) is 29.3 Å². The standard InChI is InChI=1S/C17H28N2/c1-3-5-12-19(4-2)13-10-15-8-9-17-16(14-15)7-6-11-18-17/h8-9,14,18H,3-7,10-13H2,1-2H3. The van der Waals surface area contributed by atoms with Crippen LogP contribution in [-0.2, 0) is 12.8 Å². The molecule has 1 N–H and O–H groups in total. The Kier molecular flexibility index (Phi) is 5.71. The van der Waals surface area contributed by atoms with Gasteiger partial charge in [-0.15, -0.1) is 0 Å². The Balaban J connectivity index is 1.88. The number of nitrogens with one attached hydrogen (secondary N) is 1. The van der Waals surface area contributed by atoms with Crippen LogP contribution >= 0.6 is 0 Å². The number of unbranched alkanes of at least 4 members (excludes halogenated alkanes) is 1. The largest absolute Gasteiger partial charge is 0.385 e. The summed E-state index contributed by atoms with van der Waals surface area (Å²) in [6.07, 6.45) is 6.31. The Labute approximate surface area is 118 Å². The molecule has 0 spiro atoms. The summed E-state index contributed by atoms with van der Waals surface area (Å²) in [5, 5.41) is 3.48. The molecule has 1 aromatic rings. The normalized spacial score (nSPS) is 14.3. The first-order valence-electron chi connectivity index (χ1n) is 7.91. The molecule has 0 aliphatic carbocycles. The summed E-state index contributed by atoms with van der Waals surface area (Å²) in [6, 6.07) is 6.98. The molecular formula is C17H28N2. The molecule has 0 atom stereocenters. The second-order valence-corrected chi connectivity index (χ2v) is 5.56. The van der Waals surface area contributed by atoms with Gasteiger partial charge >= 0.3 is 0 Å². The lowest BCUT2D eigenvalue weighted by molar-refractivity contribution is 0.287. The van der Waals surface area contributed by atoms with Crippen LogP contribution < -0.4 is 5.32 Å². The van der Waals surface area contributed by atoms with E-state index in [-0.39, 0.29) is 0 Å². The number of nitrogens with zero attached hydrogens (tertiary/aromatic N) is 1. The van der Waals surface area contributed by atoms with Crippen LogP contribution in [0.25, 0.3) is 0 Å². The number of hydrogen-bond acceptors (Lipinski definition) is 2. The van der Waals surface area contributed by atoms with E-state index in [4.69, 9.17) is 0 Å². The SMILES string of the molecule is CCCCN(CC)CCc1ccc2c(c1)CCCN2. The van der Waals surface area contributed by atoms with E-state index >= 15 is 0 Å². The Morgan fingerprint density at radius 3 is 2.89 bits per heavy atom. The van der Waals surface area contributed by atoms with Gasteiger partial charge in [-0.3, -0.25) is 0 Å². The molecule has 0 radical (unpaired) electrons. The van der Waals surface area contributed by atoms with Crippen LogP contribution in [0.5, 0.6) is 0 Å². The highest BCUT2D eigenvalue weighted by Crippen LogP contribution is 2.23. The summed E-state index contributed by atoms with van der Waals surface area (Å²) in [5.74, 6) is 0. The van der Waals surface area contributed by atoms with Crippen LogP contribution in [0.15, 0.2) is 18.2 Å². The molecule has 2 nitrogen and oxygen atoms in total. The smallest absolute Gasteiger partial charge is 0.0372 e. The zero-order chi connectivity index (χ0) is 13.5. The summed E-state index contributed by atoms with van der Waals surface area (Å²) in [4.78, 5) is 2.57. The van der Waals surface area contributed by atoms with Crippen LogP contribution in [0.3, 0.4) is 0 Å². The summed E-state index contributed by atoms with van der Waals surface area (Å²) in [6.45, 7) is 9.29. The molecule has 1 heterocycles. The summed E-state index contributed by atoms with van der Waals surface area (Å²) >= 11 is 0. The molecule has 0 aromatic heterocycles. The molecule has 2 rings (SSSR count). The van der Waals surface area contributed by atoms with Crippen molar-refractivity contribution < 1.29 is 0 Å². The Morgan fingerprint density at radius 2 is 2.11 bits per heavy atom. The minimum Gasteiger partial charge on any atom is -0.385 e. The van der Waals surface area contributed by atoms with Gasteiger partial charge in [0.15, 0.2) is 0 Å². The van der Waals surface area contributed by atoms with Gasteiger partial charge in [0.1, 0.15) is 0 Å². The number of rotatable bonds is 7. The predicted molar refractivity (Wildman–Crippen MR) is 84.0 cm³/mol. The Bertz CT molecular complexity index is 387. The zero-order valence-corrected chi connectivity index (χ0v) is 12.5. The van der Waals surface area contributed by atoms with E-state index in [9.17, 15) is 0 Å². The molecule has 0 bridgehead atoms. The van der Waals surface area contributed by atoms with Gasteiger partial charge in [-0.1, -0.05) is 32.4 Å². The second-order valence-electron chi connectivity index (χ2n) is 5.56. The van der Waals surface area contributed by atoms with Gasteiger partial charge in [-0.2, -0.15) is 0 Å². The quantitative estimate of drug-likeness (QED) is 0.804. The number of fused-ring (bicyclic) bond motifs is 1. The Morgan fingerprint density at radius 1 is 1.21 bits per heavy atom. The van der Waals surface area contributed by atoms with Gasteiger partial charge in [-0.25, -0.2) is 0 Å². The van der Waals surface area contributed by atoms with Crippen molar-refractivity contribution in [3.63, 3.8) is 0 Å². The van der Waals surface area contributed by atoms with Crippen LogP contribution in [0.4, 0.5) is 5.69 Å². The highest BCUT2D eigenvalue weighted by Gasteiger charge is 2.09. The third kappa shape index (κ3) is 4.24. The van der Waals surface area contributed by atoms with Crippen LogP contribution in [0.2, 0.25) is 0 Å². The third-order valence-corrected chi connectivity index (χ3v) is 4.10. The molecule has 1 aliphatic heterocycles. The second kappa shape index (κ2) is 7.54. The maximum atomic E-state index is 3.48. The van der Waals surface area contributed by atoms with Crippen molar-refractivity contribution in [3.8, 4) is 0 Å². The lowest BCUT2D eigenvalue weighted by Gasteiger charge is -2.21. The molecule has 106 valence electrons. The lowest BCUT2D eigenvalue weighted by Crippen LogP contribution is -2.27. The monoisotopic (exact) mass is 260 g/mol. The maximum Gasteiger partial charge on any atom is 0.0372 e. The molecule has 0 saturated carbocycles. The fourth-order valence-electron chi connectivity index (χ4n) is 2.78. The van der Waals surface area contributed by atoms with E-state index in [0.717, 1.165) is 6.54 Å². The first-order chi connectivity index (χ1) is 9.33. The number of aryl methyl sites for hydroxylation is 1. The molecule has 0 saturated heterocycles. The minimum absolute atomic E-state index is 1.13. The highest BCUT2D eigenvalue weighted by atomic mass is 15.1. The van der Waals surface area contributed by atoms with Gasteiger partial charge < -0.3 is 10.2 Å². The van der Waals surface area contributed by atoms with Gasteiger partial charge in [0.2, 0.25) is 0 Å². The van der Waals surface area contributed by atoms with Crippen molar-refractivity contribution in [2.75, 3.05) is 31.5 Å². The zero-order valence-electron chi connectivity index (χ0n) is 12.5. The van der Waals surface area contributed by atoms with Gasteiger partial charge in [0.25, 0.3) is 0 Å². The van der Waals surface area contributed by atoms with Crippen molar-refractivity contribution >= 4 is 5.69 Å². The van der Waals surface area contributed by atoms with Crippen LogP contribution in [0, 0.1) is 0 Å². The molecule has 0 unspecified atom stereocenters. The van der Waals surface area contributed by atoms with Gasteiger partial charge in [0, 0.05) is 18.8 Å². The lowest BCUT2D eigenvalue weighted by atomic mass is 9.99. The highest BCUT2D eigenvalue weighted by molar-refractivity contribution is 5.54. The average molecular weight is 260 g/mol. The Hall–Kier alpha value is -1.02. The van der Waals surface area contributed by atoms with Crippen LogP contribution in [-0.4, -0.2) is 31.1 Å². The summed E-state index contributed by atoms with van der Waals surface area (Å²) in [7, 11) is 0. The molecule has 1 aliphatic rings. The fraction of sp³-hybridized carbons (Fsp3) is 0.647. The fourth-order valence-corrected chi connectivity index (χ4v) is 2.78. The van der Waals surface area contributed by atoms with E-state index in [1.165, 1.54) is 68.6 Å². The topological polar surface area (TPSA) is 15.3 Å². The average Bonchev–Trinajstić information content (AvgIpc) is 2.47. The van der Waals surface area contributed by atoms with E-state index in [1.807, 2.05) is 0 Å². The predicted octanol–water partition coefficient (Wildman–Crippen LogP) is 3.71. The molecule has 19 heavy (non-hydrogen) atoms. The molecular weight excluding hydrogens is 232 g/mol. The van der Waals surface area contributed by atoms with E-state index in [0.29, 0.717) is 0 Å². The molecule has 1 aromatic carbocycles. The summed E-state index contributed by atoms with van der Waals surface area (Å²) in [5.41, 5.74) is 4.37. The molecule has 0 fully saturated rings. The third-order valence-electron chi connectivity index (χ3n) is 4.10. The van der Waals surface area contributed by atoms with Crippen molar-refractivity contribution in [1.29, 1.82) is 0 Å². The molecule has 2 heteroatoms. The van der Waals surface area contributed by atoms with Crippen molar-refractivity contribution in [1.82, 2.24) is 4.90 Å². The van der Waals surface area contributed by atoms with Crippen molar-refractivity contribution in [2.45, 2.75) is 46.0 Å².